The maximum absolute atomic E-state index is 0. The largest absolute Gasteiger partial charge is 2.00 e. The molecule has 0 spiro atoms. The number of hydrogen-bond acceptors (Lipinski definition) is 0. The first-order valence-electron chi connectivity index (χ1n) is 0. The molecule has 0 heterocycles. The van der Waals surface area contributed by atoms with Gasteiger partial charge in [-0.3, -0.25) is 0 Å². The van der Waals surface area contributed by atoms with E-state index in [-0.39, 0.29) is 152 Å². The number of rotatable bonds is 0. The molecule has 0 saturated heterocycles. The fraction of sp³-hybridized carbons (Fsp3) is 0. The zero-order chi connectivity index (χ0) is 0. The molecule has 0 aromatic rings. The monoisotopic (exact) mass is 460 g/mol. The second-order valence-corrected chi connectivity index (χ2v) is 0. The predicted molar refractivity (Wildman–Crippen MR) is 7.98 cm³/mol. The summed E-state index contributed by atoms with van der Waals surface area (Å²) in [5.41, 5.74) is 0. The SMILES string of the molecule is [Ba+2].[H-].[H-].[Pr].[Y].[Zr]. The molecule has 2 radical (unpaired) electrons. The molecule has 0 aliphatic heterocycles. The molecule has 0 atom stereocenters. The minimum Gasteiger partial charge on any atom is -1.00 e. The van der Waals surface area contributed by atoms with E-state index < -0.39 is 0 Å². The van der Waals surface area contributed by atoms with E-state index in [9.17, 15) is 0 Å². The van der Waals surface area contributed by atoms with Gasteiger partial charge in [-0.1, -0.05) is 0 Å². The summed E-state index contributed by atoms with van der Waals surface area (Å²) in [4.78, 5) is 0. The van der Waals surface area contributed by atoms with Gasteiger partial charge in [-0.25, -0.2) is 0 Å². The van der Waals surface area contributed by atoms with Gasteiger partial charge >= 0.3 is 48.9 Å². The van der Waals surface area contributed by atoms with Crippen molar-refractivity contribution in [1.82, 2.24) is 0 Å². The minimum absolute atomic E-state index is 0. The third-order valence-corrected chi connectivity index (χ3v) is 0. The van der Waals surface area contributed by atoms with Crippen molar-refractivity contribution in [2.45, 2.75) is 0 Å². The van der Waals surface area contributed by atoms with Gasteiger partial charge in [0, 0.05) is 100 Å². The predicted octanol–water partition coefficient (Wildman–Crippen LogP) is -0.161. The Morgan fingerprint density at radius 2 is 1.25 bits per heavy atom. The second kappa shape index (κ2) is 15.7. The van der Waals surface area contributed by atoms with Crippen LogP contribution in [0.1, 0.15) is 2.85 Å². The molecule has 0 fully saturated rings. The van der Waals surface area contributed by atoms with Crippen LogP contribution in [0.2, 0.25) is 0 Å². The van der Waals surface area contributed by atoms with Crippen LogP contribution in [0.25, 0.3) is 0 Å². The van der Waals surface area contributed by atoms with Crippen LogP contribution in [-0.2, 0) is 58.9 Å². The van der Waals surface area contributed by atoms with Crippen LogP contribution in [0.3, 0.4) is 0 Å². The topological polar surface area (TPSA) is 0 Å². The van der Waals surface area contributed by atoms with Crippen LogP contribution >= 0.6 is 0 Å². The summed E-state index contributed by atoms with van der Waals surface area (Å²) in [6.07, 6.45) is 0. The standard InChI is InChI=1S/Ba.Pr.Y.Zr.2H/q+2;;;;2*-1. The number of hydrogen-bond donors (Lipinski definition) is 0. The summed E-state index contributed by atoms with van der Waals surface area (Å²) >= 11 is 0. The van der Waals surface area contributed by atoms with Crippen molar-refractivity contribution in [3.8, 4) is 0 Å². The molecule has 0 amide bonds. The zero-order valence-electron chi connectivity index (χ0n) is 4.36. The molecule has 0 aliphatic carbocycles. The van der Waals surface area contributed by atoms with E-state index >= 15 is 0 Å². The van der Waals surface area contributed by atoms with E-state index in [0.29, 0.717) is 0 Å². The van der Waals surface area contributed by atoms with Gasteiger partial charge in [0.2, 0.25) is 0 Å². The maximum Gasteiger partial charge on any atom is 2.00 e. The van der Waals surface area contributed by atoms with Crippen molar-refractivity contribution in [3.05, 3.63) is 0 Å². The van der Waals surface area contributed by atoms with Gasteiger partial charge in [-0.2, -0.15) is 0 Å². The van der Waals surface area contributed by atoms with Gasteiger partial charge in [0.25, 0.3) is 0 Å². The minimum atomic E-state index is 0. The van der Waals surface area contributed by atoms with Crippen LogP contribution in [0.4, 0.5) is 0 Å². The third-order valence-electron chi connectivity index (χ3n) is 0. The molecule has 0 rings (SSSR count). The molecular weight excluding hydrogens is 458 g/mol. The molecule has 0 bridgehead atoms. The summed E-state index contributed by atoms with van der Waals surface area (Å²) in [5.74, 6) is 0. The summed E-state index contributed by atoms with van der Waals surface area (Å²) in [6.45, 7) is 0. The summed E-state index contributed by atoms with van der Waals surface area (Å²) in [7, 11) is 0. The summed E-state index contributed by atoms with van der Waals surface area (Å²) < 4.78 is 0. The first-order chi connectivity index (χ1) is 0. The Bertz CT molecular complexity index is 13.5. The van der Waals surface area contributed by atoms with Crippen molar-refractivity contribution < 1.29 is 103 Å². The molecule has 0 nitrogen and oxygen atoms in total. The van der Waals surface area contributed by atoms with Crippen molar-refractivity contribution in [1.29, 1.82) is 0 Å². The van der Waals surface area contributed by atoms with Gasteiger partial charge in [0.1, 0.15) is 0 Å². The van der Waals surface area contributed by atoms with Crippen molar-refractivity contribution >= 4 is 48.9 Å². The van der Waals surface area contributed by atoms with E-state index in [1.165, 1.54) is 0 Å². The molecule has 0 aromatic heterocycles. The van der Waals surface area contributed by atoms with Crippen molar-refractivity contribution in [2.24, 2.45) is 0 Å². The van der Waals surface area contributed by atoms with E-state index in [0.717, 1.165) is 0 Å². The molecule has 0 N–H and O–H groups in total. The van der Waals surface area contributed by atoms with Crippen LogP contribution in [0, 0.1) is 41.3 Å². The Kier molecular flexibility index (Phi) is 90.5. The Morgan fingerprint density at radius 1 is 1.25 bits per heavy atom. The molecular formula is H2BaPrYZr. The molecule has 0 unspecified atom stereocenters. The fourth-order valence-corrected chi connectivity index (χ4v) is 0. The molecule has 4 heavy (non-hydrogen) atoms. The van der Waals surface area contributed by atoms with Crippen LogP contribution in [0.5, 0.6) is 0 Å². The first kappa shape index (κ1) is 23.1. The summed E-state index contributed by atoms with van der Waals surface area (Å²) in [6, 6.07) is 0. The smallest absolute Gasteiger partial charge is 1.00 e. The Labute approximate surface area is 147 Å². The Morgan fingerprint density at radius 3 is 1.25 bits per heavy atom. The van der Waals surface area contributed by atoms with E-state index in [1.807, 2.05) is 0 Å². The molecule has 0 aliphatic rings. The normalized spacial score (nSPS) is 0. The molecule has 0 aromatic carbocycles. The van der Waals surface area contributed by atoms with Crippen molar-refractivity contribution in [2.75, 3.05) is 0 Å². The second-order valence-electron chi connectivity index (χ2n) is 0. The molecule has 14 valence electrons. The maximum atomic E-state index is 0. The van der Waals surface area contributed by atoms with Crippen LogP contribution in [-0.4, -0.2) is 48.9 Å². The molecule has 0 saturated carbocycles. The average molecular weight is 460 g/mol. The fourth-order valence-electron chi connectivity index (χ4n) is 0. The van der Waals surface area contributed by atoms with Gasteiger partial charge in [-0.15, -0.1) is 0 Å². The first-order valence-corrected chi connectivity index (χ1v) is 0. The van der Waals surface area contributed by atoms with Crippen LogP contribution < -0.4 is 0 Å². The molecule has 4 heteroatoms. The van der Waals surface area contributed by atoms with Gasteiger partial charge in [0.15, 0.2) is 0 Å². The van der Waals surface area contributed by atoms with Gasteiger partial charge < -0.3 is 2.85 Å². The summed E-state index contributed by atoms with van der Waals surface area (Å²) in [5, 5.41) is 0. The quantitative estimate of drug-likeness (QED) is 0.441. The van der Waals surface area contributed by atoms with E-state index in [4.69, 9.17) is 0 Å². The van der Waals surface area contributed by atoms with Crippen molar-refractivity contribution in [3.63, 3.8) is 0 Å². The van der Waals surface area contributed by atoms with Gasteiger partial charge in [0.05, 0.1) is 0 Å². The van der Waals surface area contributed by atoms with E-state index in [1.54, 1.807) is 0 Å². The average Bonchev–Trinajstić information content (AvgIpc) is 0. The van der Waals surface area contributed by atoms with Gasteiger partial charge in [-0.05, 0) is 0 Å². The third kappa shape index (κ3) is 10.0. The van der Waals surface area contributed by atoms with E-state index in [2.05, 4.69) is 0 Å². The van der Waals surface area contributed by atoms with Crippen LogP contribution in [0.15, 0.2) is 0 Å². The Hall–Kier alpha value is 4.92. The Balaban J connectivity index is 0. The zero-order valence-corrected chi connectivity index (χ0v) is 15.8.